The van der Waals surface area contributed by atoms with Crippen LogP contribution < -0.4 is 5.73 Å². The number of nitrogens with zero attached hydrogens (tertiary/aromatic N) is 2. The van der Waals surface area contributed by atoms with Crippen LogP contribution in [0.25, 0.3) is 0 Å². The largest absolute Gasteiger partial charge is 0.385 e. The van der Waals surface area contributed by atoms with Crippen molar-refractivity contribution in [2.24, 2.45) is 22.1 Å². The fourth-order valence-corrected chi connectivity index (χ4v) is 3.82. The van der Waals surface area contributed by atoms with Gasteiger partial charge in [-0.1, -0.05) is 26.7 Å². The summed E-state index contributed by atoms with van der Waals surface area (Å²) < 4.78 is 0. The third-order valence-electron chi connectivity index (χ3n) is 5.18. The molecule has 2 aliphatic carbocycles. The molecule has 1 atom stereocenters. The molecule has 0 aromatic heterocycles. The van der Waals surface area contributed by atoms with E-state index in [0.29, 0.717) is 11.8 Å². The Kier molecular flexibility index (Phi) is 2.48. The van der Waals surface area contributed by atoms with Crippen molar-refractivity contribution >= 4 is 11.9 Å². The van der Waals surface area contributed by atoms with E-state index in [2.05, 4.69) is 18.8 Å². The summed E-state index contributed by atoms with van der Waals surface area (Å²) in [6.45, 7) is 5.34. The molecule has 3 rings (SSSR count). The highest BCUT2D eigenvalue weighted by Gasteiger charge is 2.58. The SMILES string of the molecule is CC1(C)CCCCC12C(N)=NC(=O)N2CC1CC1. The molecule has 1 unspecified atom stereocenters. The highest BCUT2D eigenvalue weighted by molar-refractivity contribution is 6.06. The van der Waals surface area contributed by atoms with Crippen LogP contribution in [0.2, 0.25) is 0 Å². The second-order valence-electron chi connectivity index (χ2n) is 6.78. The van der Waals surface area contributed by atoms with E-state index < -0.39 is 0 Å². The summed E-state index contributed by atoms with van der Waals surface area (Å²) in [5.74, 6) is 1.25. The van der Waals surface area contributed by atoms with Crippen molar-refractivity contribution in [2.75, 3.05) is 6.54 Å². The van der Waals surface area contributed by atoms with Crippen molar-refractivity contribution in [1.29, 1.82) is 0 Å². The zero-order valence-electron chi connectivity index (χ0n) is 11.4. The number of carbonyl (C=O) groups excluding carboxylic acids is 1. The minimum Gasteiger partial charge on any atom is -0.385 e. The molecule has 1 heterocycles. The lowest BCUT2D eigenvalue weighted by Gasteiger charge is -2.52. The van der Waals surface area contributed by atoms with Crippen LogP contribution in [0.3, 0.4) is 0 Å². The van der Waals surface area contributed by atoms with Crippen LogP contribution in [0.15, 0.2) is 4.99 Å². The minimum atomic E-state index is -0.301. The molecule has 100 valence electrons. The van der Waals surface area contributed by atoms with E-state index in [4.69, 9.17) is 5.73 Å². The van der Waals surface area contributed by atoms with Crippen LogP contribution in [0.1, 0.15) is 52.4 Å². The van der Waals surface area contributed by atoms with Crippen LogP contribution in [0.4, 0.5) is 4.79 Å². The van der Waals surface area contributed by atoms with Crippen molar-refractivity contribution in [1.82, 2.24) is 4.90 Å². The van der Waals surface area contributed by atoms with Crippen LogP contribution in [0, 0.1) is 11.3 Å². The first-order valence-corrected chi connectivity index (χ1v) is 7.14. The van der Waals surface area contributed by atoms with E-state index in [1.54, 1.807) is 0 Å². The summed E-state index contributed by atoms with van der Waals surface area (Å²) in [6, 6.07) is -0.102. The third-order valence-corrected chi connectivity index (χ3v) is 5.18. The Hall–Kier alpha value is -1.06. The van der Waals surface area contributed by atoms with Gasteiger partial charge in [-0.25, -0.2) is 4.79 Å². The van der Waals surface area contributed by atoms with E-state index in [1.807, 2.05) is 4.90 Å². The van der Waals surface area contributed by atoms with E-state index in [-0.39, 0.29) is 17.0 Å². The fraction of sp³-hybridized carbons (Fsp3) is 0.857. The van der Waals surface area contributed by atoms with Gasteiger partial charge in [-0.3, -0.25) is 0 Å². The number of amides is 2. The van der Waals surface area contributed by atoms with E-state index >= 15 is 0 Å². The van der Waals surface area contributed by atoms with Crippen molar-refractivity contribution in [2.45, 2.75) is 57.9 Å². The van der Waals surface area contributed by atoms with Gasteiger partial charge in [0.25, 0.3) is 0 Å². The number of carbonyl (C=O) groups is 1. The van der Waals surface area contributed by atoms with Gasteiger partial charge < -0.3 is 10.6 Å². The van der Waals surface area contributed by atoms with Gasteiger partial charge in [0.15, 0.2) is 0 Å². The van der Waals surface area contributed by atoms with Gasteiger partial charge in [0.05, 0.1) is 0 Å². The predicted octanol–water partition coefficient (Wildman–Crippen LogP) is 2.53. The smallest absolute Gasteiger partial charge is 0.346 e. The van der Waals surface area contributed by atoms with Gasteiger partial charge in [-0.15, -0.1) is 0 Å². The third kappa shape index (κ3) is 1.50. The molecule has 0 aromatic rings. The maximum atomic E-state index is 12.2. The fourth-order valence-electron chi connectivity index (χ4n) is 3.82. The zero-order valence-corrected chi connectivity index (χ0v) is 11.4. The van der Waals surface area contributed by atoms with Gasteiger partial charge in [-0.2, -0.15) is 4.99 Å². The highest BCUT2D eigenvalue weighted by atomic mass is 16.2. The van der Waals surface area contributed by atoms with Crippen LogP contribution in [-0.2, 0) is 0 Å². The molecule has 0 bridgehead atoms. The minimum absolute atomic E-state index is 0.0416. The summed E-state index contributed by atoms with van der Waals surface area (Å²) in [6.07, 6.45) is 6.98. The second kappa shape index (κ2) is 3.72. The quantitative estimate of drug-likeness (QED) is 0.817. The lowest BCUT2D eigenvalue weighted by atomic mass is 9.62. The first-order chi connectivity index (χ1) is 8.47. The topological polar surface area (TPSA) is 58.7 Å². The predicted molar refractivity (Wildman–Crippen MR) is 71.4 cm³/mol. The average Bonchev–Trinajstić information content (AvgIpc) is 3.05. The molecule has 2 fully saturated rings. The van der Waals surface area contributed by atoms with Gasteiger partial charge in [-0.05, 0) is 37.0 Å². The Bertz CT molecular complexity index is 411. The first kappa shape index (κ1) is 12.0. The Balaban J connectivity index is 1.98. The molecule has 18 heavy (non-hydrogen) atoms. The number of aliphatic imine (C=N–C) groups is 1. The zero-order chi connectivity index (χ0) is 13.0. The second-order valence-corrected chi connectivity index (χ2v) is 6.78. The van der Waals surface area contributed by atoms with Crippen molar-refractivity contribution in [3.8, 4) is 0 Å². The number of nitrogens with two attached hydrogens (primary N) is 1. The molecular formula is C14H23N3O. The van der Waals surface area contributed by atoms with Crippen molar-refractivity contribution < 1.29 is 4.79 Å². The Labute approximate surface area is 109 Å². The standard InChI is InChI=1S/C14H23N3O/c1-13(2)7-3-4-8-14(13)11(15)16-12(18)17(14)9-10-5-6-10/h10H,3-9H2,1-2H3,(H2,15,16,18). The van der Waals surface area contributed by atoms with E-state index in [0.717, 1.165) is 25.8 Å². The summed E-state index contributed by atoms with van der Waals surface area (Å²) >= 11 is 0. The number of rotatable bonds is 2. The molecule has 1 aliphatic heterocycles. The molecule has 4 nitrogen and oxygen atoms in total. The van der Waals surface area contributed by atoms with Gasteiger partial charge in [0, 0.05) is 6.54 Å². The number of urea groups is 1. The molecule has 2 amide bonds. The summed E-state index contributed by atoms with van der Waals surface area (Å²) in [5, 5.41) is 0. The normalized spacial score (nSPS) is 35.1. The van der Waals surface area contributed by atoms with Crippen LogP contribution >= 0.6 is 0 Å². The molecule has 0 saturated heterocycles. The molecule has 0 aromatic carbocycles. The van der Waals surface area contributed by atoms with Crippen molar-refractivity contribution in [3.05, 3.63) is 0 Å². The van der Waals surface area contributed by atoms with Crippen molar-refractivity contribution in [3.63, 3.8) is 0 Å². The summed E-state index contributed by atoms with van der Waals surface area (Å²) in [5.41, 5.74) is 5.93. The lowest BCUT2D eigenvalue weighted by molar-refractivity contribution is 0.0353. The molecule has 3 aliphatic rings. The maximum absolute atomic E-state index is 12.2. The summed E-state index contributed by atoms with van der Waals surface area (Å²) in [7, 11) is 0. The highest BCUT2D eigenvalue weighted by Crippen LogP contribution is 2.51. The maximum Gasteiger partial charge on any atom is 0.346 e. The molecule has 1 spiro atoms. The number of amidine groups is 1. The van der Waals surface area contributed by atoms with Gasteiger partial charge in [0.1, 0.15) is 11.4 Å². The molecule has 2 saturated carbocycles. The Morgan fingerprint density at radius 2 is 2.00 bits per heavy atom. The monoisotopic (exact) mass is 249 g/mol. The lowest BCUT2D eigenvalue weighted by Crippen LogP contribution is -2.64. The Morgan fingerprint density at radius 1 is 1.33 bits per heavy atom. The van der Waals surface area contributed by atoms with Crippen LogP contribution in [-0.4, -0.2) is 28.9 Å². The molecule has 2 N–H and O–H groups in total. The number of hydrogen-bond donors (Lipinski definition) is 1. The molecule has 4 heteroatoms. The average molecular weight is 249 g/mol. The van der Waals surface area contributed by atoms with Gasteiger partial charge in [0.2, 0.25) is 0 Å². The van der Waals surface area contributed by atoms with E-state index in [9.17, 15) is 4.79 Å². The summed E-state index contributed by atoms with van der Waals surface area (Å²) in [4.78, 5) is 18.3. The number of hydrogen-bond acceptors (Lipinski definition) is 2. The van der Waals surface area contributed by atoms with Gasteiger partial charge >= 0.3 is 6.03 Å². The molecule has 0 radical (unpaired) electrons. The van der Waals surface area contributed by atoms with Crippen LogP contribution in [0.5, 0.6) is 0 Å². The van der Waals surface area contributed by atoms with E-state index in [1.165, 1.54) is 19.3 Å². The Morgan fingerprint density at radius 3 is 2.61 bits per heavy atom. The molecular weight excluding hydrogens is 226 g/mol. The first-order valence-electron chi connectivity index (χ1n) is 7.14.